The van der Waals surface area contributed by atoms with E-state index in [1.807, 2.05) is 51.4 Å². The molecule has 8 nitrogen and oxygen atoms in total. The molecule has 4 saturated carbocycles. The largest absolute Gasteiger partial charge is 2.00 e. The molecule has 0 atom stereocenters. The first-order valence-electron chi connectivity index (χ1n) is 11.6. The summed E-state index contributed by atoms with van der Waals surface area (Å²) in [6.07, 6.45) is 35.1. The minimum absolute atomic E-state index is 0. The maximum absolute atomic E-state index is 10.3. The van der Waals surface area contributed by atoms with Gasteiger partial charge in [0.15, 0.2) is 0 Å². The minimum Gasteiger partial charge on any atom is -0.358 e. The second-order valence-corrected chi connectivity index (χ2v) is 8.02. The molecule has 4 aliphatic carbocycles. The van der Waals surface area contributed by atoms with E-state index in [0.717, 1.165) is 23.0 Å². The van der Waals surface area contributed by atoms with Crippen molar-refractivity contribution in [3.63, 3.8) is 0 Å². The summed E-state index contributed by atoms with van der Waals surface area (Å²) in [6, 6.07) is 6.20. The Labute approximate surface area is 259 Å². The van der Waals surface area contributed by atoms with E-state index in [1.54, 1.807) is 12.1 Å². The Morgan fingerprint density at radius 1 is 0.450 bits per heavy atom. The maximum atomic E-state index is 10.3. The molecule has 0 aromatic carbocycles. The van der Waals surface area contributed by atoms with Crippen molar-refractivity contribution < 1.29 is 44.0 Å². The van der Waals surface area contributed by atoms with Gasteiger partial charge in [-0.15, -0.1) is 0 Å². The third-order valence-corrected chi connectivity index (χ3v) is 5.52. The number of nitrogens with zero attached hydrogens (tertiary/aromatic N) is 4. The zero-order valence-electron chi connectivity index (χ0n) is 20.8. The molecule has 40 heavy (non-hydrogen) atoms. The summed E-state index contributed by atoms with van der Waals surface area (Å²) < 4.78 is 0. The average Bonchev–Trinajstić information content (AvgIpc) is 3.77. The molecule has 0 unspecified atom stereocenters. The fraction of sp³-hybridized carbons (Fsp3) is 0. The molecule has 0 aliphatic heterocycles. The predicted octanol–water partition coefficient (Wildman–Crippen LogP) is 5.28. The fourth-order valence-electron chi connectivity index (χ4n) is 3.60. The first kappa shape index (κ1) is 34.3. The van der Waals surface area contributed by atoms with Crippen LogP contribution in [-0.2, 0) is 34.1 Å². The Kier molecular flexibility index (Phi) is 15.3. The van der Waals surface area contributed by atoms with Gasteiger partial charge < -0.3 is 20.2 Å². The molecule has 10 heteroatoms. The summed E-state index contributed by atoms with van der Waals surface area (Å²) in [4.78, 5) is 27.1. The van der Waals surface area contributed by atoms with E-state index >= 15 is 0 Å². The molecule has 4 fully saturated rings. The second kappa shape index (κ2) is 17.8. The Balaban J connectivity index is 0.000000208. The molecule has 2 aromatic rings. The Hall–Kier alpha value is -1.86. The van der Waals surface area contributed by atoms with Crippen molar-refractivity contribution in [2.45, 2.75) is 0 Å². The smallest absolute Gasteiger partial charge is 0.358 e. The molecule has 0 saturated heterocycles. The van der Waals surface area contributed by atoms with E-state index in [-0.39, 0.29) is 45.8 Å². The summed E-state index contributed by atoms with van der Waals surface area (Å²) in [5.74, 6) is 4.41. The first-order chi connectivity index (χ1) is 18.5. The SMILES string of the molecule is O=[N+]([O-])c1ccc([C]2[CH][CH][CH][CH]2)cn1.O=[N+]([O-])c1ccc([C]2[CH][CH][CH][CH]2)cn1.[CH]1[CH][CH][C]([C]2[CH][CH][CH][CH]2)[CH]1.[Fe+2].[Fe+2]. The van der Waals surface area contributed by atoms with Gasteiger partial charge in [-0.1, -0.05) is 0 Å². The molecule has 0 spiro atoms. The number of hydrogen-bond donors (Lipinski definition) is 0. The number of hydrogen-bond acceptors (Lipinski definition) is 6. The van der Waals surface area contributed by atoms with Crippen molar-refractivity contribution >= 4 is 11.6 Å². The van der Waals surface area contributed by atoms with Gasteiger partial charge in [-0.25, -0.2) is 0 Å². The Morgan fingerprint density at radius 3 is 0.950 bits per heavy atom. The number of aromatic nitrogens is 2. The van der Waals surface area contributed by atoms with Crippen LogP contribution in [0.25, 0.3) is 0 Å². The normalized spacial score (nSPS) is 19.5. The van der Waals surface area contributed by atoms with Gasteiger partial charge in [-0.3, -0.25) is 0 Å². The molecule has 4 aliphatic rings. The summed E-state index contributed by atoms with van der Waals surface area (Å²) in [5.41, 5.74) is 1.78. The van der Waals surface area contributed by atoms with Crippen LogP contribution in [0.5, 0.6) is 0 Å². The predicted molar refractivity (Wildman–Crippen MR) is 142 cm³/mol. The summed E-state index contributed by atoms with van der Waals surface area (Å²) in [5, 5.41) is 20.7. The number of nitro groups is 2. The molecule has 0 amide bonds. The van der Waals surface area contributed by atoms with Crippen LogP contribution in [0.15, 0.2) is 36.7 Å². The Morgan fingerprint density at radius 2 is 0.725 bits per heavy atom. The summed E-state index contributed by atoms with van der Waals surface area (Å²) in [7, 11) is 0. The van der Waals surface area contributed by atoms with Crippen LogP contribution in [0.4, 0.5) is 11.6 Å². The maximum Gasteiger partial charge on any atom is 2.00 e. The molecule has 198 valence electrons. The van der Waals surface area contributed by atoms with Crippen LogP contribution in [0.2, 0.25) is 0 Å². The fourth-order valence-corrected chi connectivity index (χ4v) is 3.60. The van der Waals surface area contributed by atoms with Crippen LogP contribution < -0.4 is 0 Å². The van der Waals surface area contributed by atoms with E-state index in [1.165, 1.54) is 36.4 Å². The van der Waals surface area contributed by atoms with Crippen molar-refractivity contribution in [3.05, 3.63) is 194 Å². The average molecular weight is 614 g/mol. The number of pyridine rings is 2. The van der Waals surface area contributed by atoms with Crippen LogP contribution >= 0.6 is 0 Å². The minimum atomic E-state index is -0.505. The van der Waals surface area contributed by atoms with E-state index < -0.39 is 9.85 Å². The first-order valence-corrected chi connectivity index (χ1v) is 11.6. The zero-order chi connectivity index (χ0) is 26.7. The molecular formula is C30H22Fe2N4O4+4. The van der Waals surface area contributed by atoms with Gasteiger partial charge in [0, 0.05) is 35.1 Å². The molecule has 2 aromatic heterocycles. The van der Waals surface area contributed by atoms with Crippen LogP contribution in [0.1, 0.15) is 11.1 Å². The van der Waals surface area contributed by atoms with Crippen LogP contribution in [-0.4, -0.2) is 19.8 Å². The van der Waals surface area contributed by atoms with Gasteiger partial charge in [-0.2, -0.15) is 0 Å². The van der Waals surface area contributed by atoms with Gasteiger partial charge in [0.25, 0.3) is 0 Å². The monoisotopic (exact) mass is 614 g/mol. The number of rotatable bonds is 5. The zero-order valence-corrected chi connectivity index (χ0v) is 23.0. The summed E-state index contributed by atoms with van der Waals surface area (Å²) >= 11 is 0. The van der Waals surface area contributed by atoms with Gasteiger partial charge in [0.1, 0.15) is 12.4 Å². The van der Waals surface area contributed by atoms with Crippen molar-refractivity contribution in [3.8, 4) is 0 Å². The van der Waals surface area contributed by atoms with E-state index in [4.69, 9.17) is 0 Å². The van der Waals surface area contributed by atoms with Crippen molar-refractivity contribution in [2.24, 2.45) is 0 Å². The van der Waals surface area contributed by atoms with Gasteiger partial charge in [0.2, 0.25) is 0 Å². The van der Waals surface area contributed by atoms with Crippen LogP contribution in [0, 0.1) is 147 Å². The topological polar surface area (TPSA) is 112 Å². The molecular weight excluding hydrogens is 592 g/mol. The standard InChI is InChI=1S/2C10H7N2O2.C10H8.2Fe/c2*13-12(14)10-6-5-9(7-11-10)8-3-1-2-4-8;1-2-6-9(5-1)10-7-3-4-8-10;;/h2*1-7H;1-8H;;/q;;;2*+2. The molecule has 0 N–H and O–H groups in total. The van der Waals surface area contributed by atoms with E-state index in [0.29, 0.717) is 0 Å². The quantitative estimate of drug-likeness (QED) is 0.258. The van der Waals surface area contributed by atoms with Crippen molar-refractivity contribution in [2.75, 3.05) is 0 Å². The van der Waals surface area contributed by atoms with Gasteiger partial charge >= 0.3 is 45.8 Å². The Bertz CT molecular complexity index is 932. The van der Waals surface area contributed by atoms with Crippen molar-refractivity contribution in [1.82, 2.24) is 9.97 Å². The molecule has 2 heterocycles. The molecule has 20 radical (unpaired) electrons. The third-order valence-electron chi connectivity index (χ3n) is 5.52. The third kappa shape index (κ3) is 10.2. The van der Waals surface area contributed by atoms with Gasteiger partial charge in [0.05, 0.1) is 0 Å². The van der Waals surface area contributed by atoms with E-state index in [9.17, 15) is 20.2 Å². The molecule has 6 rings (SSSR count). The summed E-state index contributed by atoms with van der Waals surface area (Å²) in [6.45, 7) is 0. The van der Waals surface area contributed by atoms with E-state index in [2.05, 4.69) is 61.3 Å². The van der Waals surface area contributed by atoms with Crippen LogP contribution in [0.3, 0.4) is 0 Å². The van der Waals surface area contributed by atoms with Gasteiger partial charge in [-0.05, 0) is 147 Å². The van der Waals surface area contributed by atoms with Crippen molar-refractivity contribution in [1.29, 1.82) is 0 Å². The second-order valence-electron chi connectivity index (χ2n) is 8.02. The molecule has 0 bridgehead atoms.